The molecule has 0 aromatic carbocycles. The van der Waals surface area contributed by atoms with Crippen LogP contribution in [0, 0.1) is 11.8 Å². The second-order valence-electron chi connectivity index (χ2n) is 4.96. The van der Waals surface area contributed by atoms with Crippen LogP contribution in [0.25, 0.3) is 0 Å². The maximum Gasteiger partial charge on any atom is 0.0754 e. The molecule has 15 heavy (non-hydrogen) atoms. The molecule has 2 N–H and O–H groups in total. The first-order valence-corrected chi connectivity index (χ1v) is 7.14. The molecular weight excluding hydrogens is 206 g/mol. The third-order valence-corrected chi connectivity index (χ3v) is 3.23. The van der Waals surface area contributed by atoms with Crippen LogP contribution < -0.4 is 5.32 Å². The van der Waals surface area contributed by atoms with E-state index in [4.69, 9.17) is 0 Å². The van der Waals surface area contributed by atoms with Crippen LogP contribution in [0.15, 0.2) is 0 Å². The van der Waals surface area contributed by atoms with Crippen LogP contribution in [-0.2, 0) is 0 Å². The summed E-state index contributed by atoms with van der Waals surface area (Å²) in [5, 5.41) is 12.9. The topological polar surface area (TPSA) is 32.3 Å². The number of hydrogen-bond acceptors (Lipinski definition) is 3. The summed E-state index contributed by atoms with van der Waals surface area (Å²) >= 11 is 1.86. The fourth-order valence-corrected chi connectivity index (χ4v) is 2.33. The van der Waals surface area contributed by atoms with Gasteiger partial charge in [0.05, 0.1) is 6.10 Å². The Labute approximate surface area is 99.2 Å². The highest BCUT2D eigenvalue weighted by molar-refractivity contribution is 7.99. The van der Waals surface area contributed by atoms with E-state index in [1.54, 1.807) is 0 Å². The molecule has 0 aliphatic carbocycles. The molecule has 3 heteroatoms. The van der Waals surface area contributed by atoms with Crippen LogP contribution in [-0.4, -0.2) is 35.8 Å². The molecule has 0 saturated heterocycles. The van der Waals surface area contributed by atoms with Gasteiger partial charge in [-0.25, -0.2) is 0 Å². The number of aliphatic hydroxyl groups is 1. The van der Waals surface area contributed by atoms with Crippen molar-refractivity contribution in [3.63, 3.8) is 0 Å². The van der Waals surface area contributed by atoms with Crippen molar-refractivity contribution in [1.29, 1.82) is 0 Å². The zero-order chi connectivity index (χ0) is 11.7. The third kappa shape index (κ3) is 12.2. The van der Waals surface area contributed by atoms with E-state index >= 15 is 0 Å². The highest BCUT2D eigenvalue weighted by atomic mass is 32.2. The van der Waals surface area contributed by atoms with Crippen molar-refractivity contribution >= 4 is 11.8 Å². The first kappa shape index (κ1) is 15.3. The molecule has 0 spiro atoms. The predicted octanol–water partition coefficient (Wildman–Crippen LogP) is 2.37. The minimum atomic E-state index is -0.194. The van der Waals surface area contributed by atoms with Crippen molar-refractivity contribution in [2.45, 2.75) is 40.2 Å². The van der Waals surface area contributed by atoms with E-state index in [1.165, 1.54) is 12.2 Å². The van der Waals surface area contributed by atoms with Gasteiger partial charge in [-0.3, -0.25) is 0 Å². The number of hydrogen-bond donors (Lipinski definition) is 2. The summed E-state index contributed by atoms with van der Waals surface area (Å²) in [6, 6.07) is 0. The lowest BCUT2D eigenvalue weighted by Crippen LogP contribution is -2.31. The van der Waals surface area contributed by atoms with E-state index in [0.717, 1.165) is 24.8 Å². The zero-order valence-corrected chi connectivity index (χ0v) is 11.4. The molecule has 0 aliphatic heterocycles. The van der Waals surface area contributed by atoms with Crippen LogP contribution in [0.4, 0.5) is 0 Å². The van der Waals surface area contributed by atoms with E-state index in [-0.39, 0.29) is 6.10 Å². The lowest BCUT2D eigenvalue weighted by atomic mass is 10.2. The second-order valence-corrected chi connectivity index (χ2v) is 6.11. The second kappa shape index (κ2) is 9.49. The molecule has 0 bridgehead atoms. The lowest BCUT2D eigenvalue weighted by molar-refractivity contribution is 0.194. The van der Waals surface area contributed by atoms with Gasteiger partial charge in [0.1, 0.15) is 0 Å². The van der Waals surface area contributed by atoms with E-state index in [2.05, 4.69) is 33.0 Å². The summed E-state index contributed by atoms with van der Waals surface area (Å²) < 4.78 is 0. The molecule has 92 valence electrons. The number of nitrogens with one attached hydrogen (secondary N) is 1. The van der Waals surface area contributed by atoms with Gasteiger partial charge in [0.2, 0.25) is 0 Å². The van der Waals surface area contributed by atoms with Gasteiger partial charge in [0.15, 0.2) is 0 Å². The van der Waals surface area contributed by atoms with Gasteiger partial charge >= 0.3 is 0 Å². The molecule has 0 heterocycles. The number of rotatable bonds is 9. The Kier molecular flexibility index (Phi) is 9.66. The maximum atomic E-state index is 9.64. The van der Waals surface area contributed by atoms with Crippen LogP contribution in [0.5, 0.6) is 0 Å². The van der Waals surface area contributed by atoms with Crippen molar-refractivity contribution in [2.75, 3.05) is 24.6 Å². The Balaban J connectivity index is 3.22. The van der Waals surface area contributed by atoms with Crippen LogP contribution in [0.2, 0.25) is 0 Å². The smallest absolute Gasteiger partial charge is 0.0754 e. The van der Waals surface area contributed by atoms with Gasteiger partial charge in [-0.1, -0.05) is 27.7 Å². The summed E-state index contributed by atoms with van der Waals surface area (Å²) in [6.45, 7) is 10.6. The van der Waals surface area contributed by atoms with Crippen molar-refractivity contribution < 1.29 is 5.11 Å². The molecule has 2 nitrogen and oxygen atoms in total. The van der Waals surface area contributed by atoms with Crippen LogP contribution in [0.3, 0.4) is 0 Å². The highest BCUT2D eigenvalue weighted by Crippen LogP contribution is 2.09. The normalized spacial score (nSPS) is 13.8. The zero-order valence-electron chi connectivity index (χ0n) is 10.6. The summed E-state index contributed by atoms with van der Waals surface area (Å²) in [6.07, 6.45) is 1.05. The first-order chi connectivity index (χ1) is 7.02. The molecule has 0 saturated carbocycles. The Morgan fingerprint density at radius 1 is 1.07 bits per heavy atom. The fourth-order valence-electron chi connectivity index (χ4n) is 1.14. The molecular formula is C12H27NOS. The van der Waals surface area contributed by atoms with Gasteiger partial charge in [-0.2, -0.15) is 11.8 Å². The van der Waals surface area contributed by atoms with Crippen molar-refractivity contribution in [2.24, 2.45) is 11.8 Å². The van der Waals surface area contributed by atoms with Crippen molar-refractivity contribution in [1.82, 2.24) is 5.32 Å². The number of aliphatic hydroxyl groups excluding tert-OH is 1. The largest absolute Gasteiger partial charge is 0.391 e. The summed E-state index contributed by atoms with van der Waals surface area (Å²) in [5.41, 5.74) is 0. The standard InChI is InChI=1S/C12H27NOS/c1-10(2)5-6-15-9-12(14)8-13-7-11(3)4/h10-14H,5-9H2,1-4H3. The Bertz CT molecular complexity index is 140. The third-order valence-electron chi connectivity index (χ3n) is 2.08. The summed E-state index contributed by atoms with van der Waals surface area (Å²) in [7, 11) is 0. The Morgan fingerprint density at radius 2 is 1.73 bits per heavy atom. The average molecular weight is 233 g/mol. The van der Waals surface area contributed by atoms with E-state index < -0.39 is 0 Å². The number of thioether (sulfide) groups is 1. The van der Waals surface area contributed by atoms with Gasteiger partial charge in [-0.05, 0) is 30.6 Å². The molecule has 0 aromatic heterocycles. The molecule has 0 rings (SSSR count). The van der Waals surface area contributed by atoms with Crippen molar-refractivity contribution in [3.8, 4) is 0 Å². The molecule has 0 amide bonds. The SMILES string of the molecule is CC(C)CCSCC(O)CNCC(C)C. The van der Waals surface area contributed by atoms with Gasteiger partial charge < -0.3 is 10.4 Å². The fraction of sp³-hybridized carbons (Fsp3) is 1.00. The minimum Gasteiger partial charge on any atom is -0.391 e. The maximum absolute atomic E-state index is 9.64. The van der Waals surface area contributed by atoms with Gasteiger partial charge in [0, 0.05) is 12.3 Å². The predicted molar refractivity (Wildman–Crippen MR) is 70.5 cm³/mol. The van der Waals surface area contributed by atoms with Crippen LogP contribution >= 0.6 is 11.8 Å². The molecule has 1 unspecified atom stereocenters. The van der Waals surface area contributed by atoms with Crippen LogP contribution in [0.1, 0.15) is 34.1 Å². The summed E-state index contributed by atoms with van der Waals surface area (Å²) in [4.78, 5) is 0. The van der Waals surface area contributed by atoms with E-state index in [1.807, 2.05) is 11.8 Å². The Morgan fingerprint density at radius 3 is 2.27 bits per heavy atom. The van der Waals surface area contributed by atoms with E-state index in [9.17, 15) is 5.11 Å². The molecule has 0 fully saturated rings. The minimum absolute atomic E-state index is 0.194. The quantitative estimate of drug-likeness (QED) is 0.600. The highest BCUT2D eigenvalue weighted by Gasteiger charge is 2.04. The van der Waals surface area contributed by atoms with Gasteiger partial charge in [0.25, 0.3) is 0 Å². The Hall–Kier alpha value is 0.270. The van der Waals surface area contributed by atoms with Gasteiger partial charge in [-0.15, -0.1) is 0 Å². The molecule has 0 aliphatic rings. The van der Waals surface area contributed by atoms with Crippen molar-refractivity contribution in [3.05, 3.63) is 0 Å². The molecule has 0 radical (unpaired) electrons. The van der Waals surface area contributed by atoms with E-state index in [0.29, 0.717) is 5.92 Å². The molecule has 1 atom stereocenters. The monoisotopic (exact) mass is 233 g/mol. The first-order valence-electron chi connectivity index (χ1n) is 5.99. The summed E-state index contributed by atoms with van der Waals surface area (Å²) in [5.74, 6) is 3.45. The molecule has 0 aromatic rings. The average Bonchev–Trinajstić information content (AvgIpc) is 2.11. The lowest BCUT2D eigenvalue weighted by Gasteiger charge is -2.13.